The number of halogens is 1. The topological polar surface area (TPSA) is 79.6 Å². The summed E-state index contributed by atoms with van der Waals surface area (Å²) in [6, 6.07) is 9.00. The molecule has 0 bridgehead atoms. The van der Waals surface area contributed by atoms with Gasteiger partial charge in [0.15, 0.2) is 5.96 Å². The molecule has 31 heavy (non-hydrogen) atoms. The van der Waals surface area contributed by atoms with Crippen LogP contribution in [0.1, 0.15) is 36.8 Å². The van der Waals surface area contributed by atoms with E-state index in [9.17, 15) is 0 Å². The van der Waals surface area contributed by atoms with Crippen LogP contribution in [0.2, 0.25) is 0 Å². The van der Waals surface area contributed by atoms with E-state index in [2.05, 4.69) is 75.3 Å². The van der Waals surface area contributed by atoms with E-state index in [1.165, 1.54) is 11.1 Å². The van der Waals surface area contributed by atoms with Crippen molar-refractivity contribution in [1.29, 1.82) is 0 Å². The van der Waals surface area contributed by atoms with E-state index in [0.717, 1.165) is 64.1 Å². The Hall–Kier alpha value is -1.72. The van der Waals surface area contributed by atoms with Crippen LogP contribution in [-0.4, -0.2) is 71.6 Å². The summed E-state index contributed by atoms with van der Waals surface area (Å²) in [7, 11) is 0. The van der Waals surface area contributed by atoms with Crippen molar-refractivity contribution in [1.82, 2.24) is 30.3 Å². The number of aliphatic imine (C=N–C) groups is 1. The quantitative estimate of drug-likeness (QED) is 0.289. The summed E-state index contributed by atoms with van der Waals surface area (Å²) in [5.41, 5.74) is 2.59. The van der Waals surface area contributed by atoms with Gasteiger partial charge in [0.05, 0.1) is 25.8 Å². The van der Waals surface area contributed by atoms with Gasteiger partial charge in [-0.25, -0.2) is 0 Å². The fourth-order valence-corrected chi connectivity index (χ4v) is 3.75. The van der Waals surface area contributed by atoms with Crippen molar-refractivity contribution in [3.8, 4) is 0 Å². The number of ether oxygens (including phenoxy) is 1. The van der Waals surface area contributed by atoms with E-state index >= 15 is 0 Å². The van der Waals surface area contributed by atoms with Crippen molar-refractivity contribution < 1.29 is 4.74 Å². The summed E-state index contributed by atoms with van der Waals surface area (Å²) in [6.07, 6.45) is 2.67. The molecule has 1 aliphatic rings. The molecule has 1 fully saturated rings. The lowest BCUT2D eigenvalue weighted by Crippen LogP contribution is -2.42. The summed E-state index contributed by atoms with van der Waals surface area (Å²) in [6.45, 7) is 12.9. The first kappa shape index (κ1) is 25.5. The van der Waals surface area contributed by atoms with Crippen molar-refractivity contribution in [2.45, 2.75) is 39.8 Å². The van der Waals surface area contributed by atoms with Crippen LogP contribution in [-0.2, 0) is 17.7 Å². The van der Waals surface area contributed by atoms with Gasteiger partial charge in [0.2, 0.25) is 0 Å². The Morgan fingerprint density at radius 3 is 2.74 bits per heavy atom. The molecule has 0 radical (unpaired) electrons. The Kier molecular flexibility index (Phi) is 11.2. The van der Waals surface area contributed by atoms with Crippen LogP contribution >= 0.6 is 24.0 Å². The molecule has 0 aliphatic carbocycles. The molecule has 3 rings (SSSR count). The summed E-state index contributed by atoms with van der Waals surface area (Å²) >= 11 is 0. The number of nitrogens with one attached hydrogen (secondary N) is 2. The molecule has 2 heterocycles. The highest BCUT2D eigenvalue weighted by Crippen LogP contribution is 2.23. The molecule has 2 N–H and O–H groups in total. The smallest absolute Gasteiger partial charge is 0.191 e. The van der Waals surface area contributed by atoms with Gasteiger partial charge in [0.1, 0.15) is 12.2 Å². The molecule has 8 nitrogen and oxygen atoms in total. The van der Waals surface area contributed by atoms with E-state index in [4.69, 9.17) is 9.73 Å². The number of rotatable bonds is 9. The average Bonchev–Trinajstić information content (AvgIpc) is 3.22. The first-order valence-corrected chi connectivity index (χ1v) is 11.0. The molecule has 172 valence electrons. The molecule has 1 aromatic heterocycles. The molecule has 1 unspecified atom stereocenters. The van der Waals surface area contributed by atoms with Gasteiger partial charge in [0.25, 0.3) is 0 Å². The lowest BCUT2D eigenvalue weighted by Gasteiger charge is -2.34. The molecule has 9 heteroatoms. The molecule has 1 aromatic carbocycles. The first-order chi connectivity index (χ1) is 14.7. The van der Waals surface area contributed by atoms with Crippen molar-refractivity contribution >= 4 is 29.9 Å². The van der Waals surface area contributed by atoms with Crippen molar-refractivity contribution in [2.75, 3.05) is 45.9 Å². The van der Waals surface area contributed by atoms with E-state index in [1.807, 2.05) is 0 Å². The van der Waals surface area contributed by atoms with Crippen molar-refractivity contribution in [3.05, 3.63) is 47.5 Å². The fourth-order valence-electron chi connectivity index (χ4n) is 3.75. The third kappa shape index (κ3) is 7.73. The third-order valence-corrected chi connectivity index (χ3v) is 5.34. The van der Waals surface area contributed by atoms with Crippen molar-refractivity contribution in [2.24, 2.45) is 4.99 Å². The highest BCUT2D eigenvalue weighted by molar-refractivity contribution is 14.0. The molecule has 1 atom stereocenters. The van der Waals surface area contributed by atoms with E-state index in [-0.39, 0.29) is 30.0 Å². The largest absolute Gasteiger partial charge is 0.379 e. The summed E-state index contributed by atoms with van der Waals surface area (Å²) in [5.74, 6) is 1.85. The maximum Gasteiger partial charge on any atom is 0.191 e. The zero-order valence-electron chi connectivity index (χ0n) is 18.9. The van der Waals surface area contributed by atoms with Crippen LogP contribution in [0.3, 0.4) is 0 Å². The van der Waals surface area contributed by atoms with Gasteiger partial charge in [-0.1, -0.05) is 36.8 Å². The number of guanidine groups is 1. The molecular formula is C22H36IN7O. The SMILES string of the molecule is CCNC(=NCC(c1cccc(C)c1)N1CCOCC1)NCCn1cnnc1CC.I. The predicted molar refractivity (Wildman–Crippen MR) is 135 cm³/mol. The second kappa shape index (κ2) is 13.6. The molecular weight excluding hydrogens is 505 g/mol. The van der Waals surface area contributed by atoms with E-state index in [1.54, 1.807) is 6.33 Å². The number of aromatic nitrogens is 3. The van der Waals surface area contributed by atoms with Crippen LogP contribution in [0.15, 0.2) is 35.6 Å². The Balaban J connectivity index is 0.00000341. The standard InChI is InChI=1S/C22H35N7O.HI/c1-4-21-27-26-17-29(21)10-9-24-22(23-5-2)25-16-20(28-11-13-30-14-12-28)19-8-6-7-18(3)15-19;/h6-8,15,17,20H,4-5,9-14,16H2,1-3H3,(H2,23,24,25);1H. The van der Waals surface area contributed by atoms with Crippen LogP contribution in [0.4, 0.5) is 0 Å². The second-order valence-electron chi connectivity index (χ2n) is 7.52. The van der Waals surface area contributed by atoms with Gasteiger partial charge in [-0.05, 0) is 19.4 Å². The Morgan fingerprint density at radius 2 is 2.03 bits per heavy atom. The predicted octanol–water partition coefficient (Wildman–Crippen LogP) is 2.40. The Morgan fingerprint density at radius 1 is 1.23 bits per heavy atom. The Bertz CT molecular complexity index is 805. The molecule has 0 amide bonds. The average molecular weight is 541 g/mol. The van der Waals surface area contributed by atoms with Crippen LogP contribution in [0.25, 0.3) is 0 Å². The van der Waals surface area contributed by atoms with Crippen LogP contribution < -0.4 is 10.6 Å². The van der Waals surface area contributed by atoms with Gasteiger partial charge in [-0.15, -0.1) is 34.2 Å². The lowest BCUT2D eigenvalue weighted by molar-refractivity contribution is 0.0179. The van der Waals surface area contributed by atoms with Gasteiger partial charge < -0.3 is 19.9 Å². The molecule has 0 spiro atoms. The molecule has 2 aromatic rings. The third-order valence-electron chi connectivity index (χ3n) is 5.34. The van der Waals surface area contributed by atoms with Gasteiger partial charge >= 0.3 is 0 Å². The molecule has 1 aliphatic heterocycles. The first-order valence-electron chi connectivity index (χ1n) is 11.0. The van der Waals surface area contributed by atoms with Gasteiger partial charge in [-0.2, -0.15) is 0 Å². The van der Waals surface area contributed by atoms with Crippen LogP contribution in [0, 0.1) is 6.92 Å². The number of aryl methyl sites for hydroxylation is 2. The minimum Gasteiger partial charge on any atom is -0.379 e. The van der Waals surface area contributed by atoms with Crippen LogP contribution in [0.5, 0.6) is 0 Å². The summed E-state index contributed by atoms with van der Waals surface area (Å²) in [4.78, 5) is 7.41. The maximum atomic E-state index is 5.57. The fraction of sp³-hybridized carbons (Fsp3) is 0.591. The van der Waals surface area contributed by atoms with E-state index < -0.39 is 0 Å². The molecule has 0 saturated carbocycles. The minimum absolute atomic E-state index is 0. The number of nitrogens with zero attached hydrogens (tertiary/aromatic N) is 5. The monoisotopic (exact) mass is 541 g/mol. The number of benzene rings is 1. The number of hydrogen-bond acceptors (Lipinski definition) is 5. The summed E-state index contributed by atoms with van der Waals surface area (Å²) in [5, 5.41) is 15.0. The number of morpholine rings is 1. The van der Waals surface area contributed by atoms with E-state index in [0.29, 0.717) is 6.54 Å². The van der Waals surface area contributed by atoms with Crippen molar-refractivity contribution in [3.63, 3.8) is 0 Å². The summed E-state index contributed by atoms with van der Waals surface area (Å²) < 4.78 is 7.65. The maximum absolute atomic E-state index is 5.57. The van der Waals surface area contributed by atoms with Gasteiger partial charge in [0, 0.05) is 39.1 Å². The normalized spacial score (nSPS) is 15.9. The highest BCUT2D eigenvalue weighted by Gasteiger charge is 2.22. The zero-order chi connectivity index (χ0) is 21.2. The Labute approximate surface area is 202 Å². The van der Waals surface area contributed by atoms with Gasteiger partial charge in [-0.3, -0.25) is 9.89 Å². The molecule has 1 saturated heterocycles. The lowest BCUT2D eigenvalue weighted by atomic mass is 10.0. The number of hydrogen-bond donors (Lipinski definition) is 2. The second-order valence-corrected chi connectivity index (χ2v) is 7.52. The highest BCUT2D eigenvalue weighted by atomic mass is 127. The minimum atomic E-state index is 0. The zero-order valence-corrected chi connectivity index (χ0v) is 21.2.